The van der Waals surface area contributed by atoms with Crippen LogP contribution < -0.4 is 0 Å². The predicted octanol–water partition coefficient (Wildman–Crippen LogP) is 3.59. The molecule has 0 fully saturated rings. The van der Waals surface area contributed by atoms with Gasteiger partial charge in [0.25, 0.3) is 0 Å². The summed E-state index contributed by atoms with van der Waals surface area (Å²) < 4.78 is 37.6. The summed E-state index contributed by atoms with van der Waals surface area (Å²) in [6.07, 6.45) is -2.91. The minimum absolute atomic E-state index is 0.111. The van der Waals surface area contributed by atoms with Gasteiger partial charge in [0.1, 0.15) is 6.04 Å². The van der Waals surface area contributed by atoms with Crippen LogP contribution in [-0.2, 0) is 0 Å². The van der Waals surface area contributed by atoms with E-state index < -0.39 is 12.2 Å². The molecule has 86 valence electrons. The maximum absolute atomic E-state index is 12.5. The fourth-order valence-electron chi connectivity index (χ4n) is 1.87. The van der Waals surface area contributed by atoms with Crippen LogP contribution in [0.3, 0.4) is 0 Å². The first-order valence-electron chi connectivity index (χ1n) is 5.26. The van der Waals surface area contributed by atoms with E-state index in [0.29, 0.717) is 18.6 Å². The van der Waals surface area contributed by atoms with Crippen LogP contribution in [0.4, 0.5) is 13.2 Å². The Hall–Kier alpha value is -1.32. The molecule has 0 N–H and O–H groups in total. The molecular formula is C12H12F3N. The normalized spacial score (nSPS) is 21.7. The number of alkyl halides is 3. The molecular weight excluding hydrogens is 215 g/mol. The van der Waals surface area contributed by atoms with Gasteiger partial charge in [-0.3, -0.25) is 4.99 Å². The molecule has 1 aromatic rings. The summed E-state index contributed by atoms with van der Waals surface area (Å²) >= 11 is 0. The SMILES string of the molecule is FC(F)(F)[C@@H]1CCCC(c2ccccc2)=N1. The summed E-state index contributed by atoms with van der Waals surface area (Å²) in [5.41, 5.74) is 1.38. The minimum atomic E-state index is -4.21. The molecule has 1 heterocycles. The van der Waals surface area contributed by atoms with Gasteiger partial charge < -0.3 is 0 Å². The van der Waals surface area contributed by atoms with Gasteiger partial charge in [0.15, 0.2) is 0 Å². The van der Waals surface area contributed by atoms with Gasteiger partial charge in [0, 0.05) is 5.71 Å². The van der Waals surface area contributed by atoms with Crippen LogP contribution in [0.5, 0.6) is 0 Å². The maximum atomic E-state index is 12.5. The Morgan fingerprint density at radius 1 is 1.12 bits per heavy atom. The molecule has 16 heavy (non-hydrogen) atoms. The zero-order valence-electron chi connectivity index (χ0n) is 8.67. The number of aliphatic imine (C=N–C) groups is 1. The molecule has 0 saturated carbocycles. The third kappa shape index (κ3) is 2.43. The summed E-state index contributed by atoms with van der Waals surface area (Å²) in [6, 6.07) is 7.56. The van der Waals surface area contributed by atoms with Gasteiger partial charge in [-0.25, -0.2) is 0 Å². The summed E-state index contributed by atoms with van der Waals surface area (Å²) in [5, 5.41) is 0. The maximum Gasteiger partial charge on any atom is 0.410 e. The number of hydrogen-bond acceptors (Lipinski definition) is 1. The Balaban J connectivity index is 2.26. The van der Waals surface area contributed by atoms with Crippen LogP contribution in [0, 0.1) is 0 Å². The number of halogens is 3. The molecule has 2 rings (SSSR count). The first-order chi connectivity index (χ1) is 7.57. The molecule has 0 aromatic heterocycles. The van der Waals surface area contributed by atoms with E-state index in [2.05, 4.69) is 4.99 Å². The number of rotatable bonds is 1. The zero-order valence-corrected chi connectivity index (χ0v) is 8.67. The second kappa shape index (κ2) is 4.28. The van der Waals surface area contributed by atoms with E-state index in [1.54, 1.807) is 12.1 Å². The molecule has 1 aliphatic heterocycles. The molecule has 1 nitrogen and oxygen atoms in total. The average Bonchev–Trinajstić information content (AvgIpc) is 2.29. The monoisotopic (exact) mass is 227 g/mol. The lowest BCUT2D eigenvalue weighted by Gasteiger charge is -2.22. The molecule has 0 bridgehead atoms. The Bertz CT molecular complexity index is 381. The summed E-state index contributed by atoms with van der Waals surface area (Å²) in [6.45, 7) is 0. The standard InChI is InChI=1S/C12H12F3N/c13-12(14,15)11-8-4-7-10(16-11)9-5-2-1-3-6-9/h1-3,5-6,11H,4,7-8H2/t11-/m0/s1. The smallest absolute Gasteiger partial charge is 0.276 e. The quantitative estimate of drug-likeness (QED) is 0.695. The van der Waals surface area contributed by atoms with Crippen molar-refractivity contribution in [3.63, 3.8) is 0 Å². The van der Waals surface area contributed by atoms with E-state index in [9.17, 15) is 13.2 Å². The second-order valence-electron chi connectivity index (χ2n) is 3.89. The third-order valence-electron chi connectivity index (χ3n) is 2.69. The molecule has 0 spiro atoms. The first kappa shape index (κ1) is 11.2. The van der Waals surface area contributed by atoms with E-state index >= 15 is 0 Å². The van der Waals surface area contributed by atoms with Gasteiger partial charge in [0.2, 0.25) is 0 Å². The minimum Gasteiger partial charge on any atom is -0.276 e. The van der Waals surface area contributed by atoms with Crippen LogP contribution in [0.15, 0.2) is 35.3 Å². The average molecular weight is 227 g/mol. The molecule has 0 unspecified atom stereocenters. The van der Waals surface area contributed by atoms with Gasteiger partial charge in [-0.05, 0) is 24.8 Å². The zero-order chi connectivity index (χ0) is 11.6. The lowest BCUT2D eigenvalue weighted by molar-refractivity contribution is -0.149. The summed E-state index contributed by atoms with van der Waals surface area (Å²) in [7, 11) is 0. The van der Waals surface area contributed by atoms with Crippen LogP contribution in [0.1, 0.15) is 24.8 Å². The Labute approximate surface area is 92.0 Å². The van der Waals surface area contributed by atoms with Crippen molar-refractivity contribution in [3.05, 3.63) is 35.9 Å². The molecule has 1 atom stereocenters. The highest BCUT2D eigenvalue weighted by Gasteiger charge is 2.40. The number of benzene rings is 1. The van der Waals surface area contributed by atoms with Crippen molar-refractivity contribution in [2.45, 2.75) is 31.5 Å². The Morgan fingerprint density at radius 3 is 2.44 bits per heavy atom. The van der Waals surface area contributed by atoms with Crippen molar-refractivity contribution in [1.29, 1.82) is 0 Å². The van der Waals surface area contributed by atoms with Gasteiger partial charge >= 0.3 is 6.18 Å². The molecule has 0 aliphatic carbocycles. The van der Waals surface area contributed by atoms with Gasteiger partial charge in [0.05, 0.1) is 0 Å². The number of hydrogen-bond donors (Lipinski definition) is 0. The lowest BCUT2D eigenvalue weighted by atomic mass is 9.98. The van der Waals surface area contributed by atoms with Crippen LogP contribution in [0.25, 0.3) is 0 Å². The topological polar surface area (TPSA) is 12.4 Å². The van der Waals surface area contributed by atoms with Crippen LogP contribution in [-0.4, -0.2) is 17.9 Å². The van der Waals surface area contributed by atoms with Crippen LogP contribution >= 0.6 is 0 Å². The second-order valence-corrected chi connectivity index (χ2v) is 3.89. The van der Waals surface area contributed by atoms with E-state index in [-0.39, 0.29) is 6.42 Å². The van der Waals surface area contributed by atoms with E-state index in [1.807, 2.05) is 18.2 Å². The van der Waals surface area contributed by atoms with E-state index in [4.69, 9.17) is 0 Å². The van der Waals surface area contributed by atoms with Crippen molar-refractivity contribution in [2.24, 2.45) is 4.99 Å². The highest BCUT2D eigenvalue weighted by Crippen LogP contribution is 2.30. The predicted molar refractivity (Wildman–Crippen MR) is 56.7 cm³/mol. The van der Waals surface area contributed by atoms with Gasteiger partial charge in [-0.15, -0.1) is 0 Å². The molecule has 1 aromatic carbocycles. The molecule has 0 saturated heterocycles. The fourth-order valence-corrected chi connectivity index (χ4v) is 1.87. The van der Waals surface area contributed by atoms with Crippen molar-refractivity contribution in [3.8, 4) is 0 Å². The van der Waals surface area contributed by atoms with Crippen LogP contribution in [0.2, 0.25) is 0 Å². The van der Waals surface area contributed by atoms with Gasteiger partial charge in [-0.2, -0.15) is 13.2 Å². The molecule has 1 aliphatic rings. The molecule has 0 radical (unpaired) electrons. The largest absolute Gasteiger partial charge is 0.410 e. The summed E-state index contributed by atoms with van der Waals surface area (Å²) in [5.74, 6) is 0. The Kier molecular flexibility index (Phi) is 2.99. The fraction of sp³-hybridized carbons (Fsp3) is 0.417. The summed E-state index contributed by atoms with van der Waals surface area (Å²) in [4.78, 5) is 3.81. The van der Waals surface area contributed by atoms with Crippen molar-refractivity contribution in [2.75, 3.05) is 0 Å². The van der Waals surface area contributed by atoms with Gasteiger partial charge in [-0.1, -0.05) is 30.3 Å². The highest BCUT2D eigenvalue weighted by atomic mass is 19.4. The lowest BCUT2D eigenvalue weighted by Crippen LogP contribution is -2.31. The van der Waals surface area contributed by atoms with Crippen molar-refractivity contribution >= 4 is 5.71 Å². The highest BCUT2D eigenvalue weighted by molar-refractivity contribution is 6.01. The van der Waals surface area contributed by atoms with E-state index in [0.717, 1.165) is 5.56 Å². The molecule has 0 amide bonds. The molecule has 4 heteroatoms. The van der Waals surface area contributed by atoms with Crippen molar-refractivity contribution < 1.29 is 13.2 Å². The first-order valence-corrected chi connectivity index (χ1v) is 5.26. The Morgan fingerprint density at radius 2 is 1.81 bits per heavy atom. The van der Waals surface area contributed by atoms with E-state index in [1.165, 1.54) is 0 Å². The third-order valence-corrected chi connectivity index (χ3v) is 2.69. The van der Waals surface area contributed by atoms with Crippen molar-refractivity contribution in [1.82, 2.24) is 0 Å². The number of nitrogens with zero attached hydrogens (tertiary/aromatic N) is 1.